The number of ether oxygens (including phenoxy) is 1. The number of rotatable bonds is 8. The molecule has 3 aromatic rings. The van der Waals surface area contributed by atoms with Crippen molar-refractivity contribution in [2.75, 3.05) is 19.7 Å². The molecule has 0 spiro atoms. The number of benzene rings is 2. The van der Waals surface area contributed by atoms with E-state index in [1.807, 2.05) is 37.4 Å². The molecule has 1 aromatic heterocycles. The summed E-state index contributed by atoms with van der Waals surface area (Å²) in [5.74, 6) is 0.562. The molecule has 2 aromatic carbocycles. The Bertz CT molecular complexity index is 831. The van der Waals surface area contributed by atoms with Gasteiger partial charge in [-0.1, -0.05) is 18.2 Å². The van der Waals surface area contributed by atoms with E-state index in [9.17, 15) is 9.50 Å². The van der Waals surface area contributed by atoms with Crippen molar-refractivity contribution in [3.8, 4) is 5.75 Å². The summed E-state index contributed by atoms with van der Waals surface area (Å²) in [6.07, 6.45) is 2.08. The molecule has 1 unspecified atom stereocenters. The summed E-state index contributed by atoms with van der Waals surface area (Å²) >= 11 is 0. The number of hydrogen-bond donors (Lipinski definition) is 3. The number of aryl methyl sites for hydroxylation is 1. The monoisotopic (exact) mass is 342 g/mol. The van der Waals surface area contributed by atoms with Crippen LogP contribution in [0.25, 0.3) is 10.9 Å². The lowest BCUT2D eigenvalue weighted by molar-refractivity contribution is 0.106. The van der Waals surface area contributed by atoms with Crippen LogP contribution in [0.15, 0.2) is 48.7 Å². The summed E-state index contributed by atoms with van der Waals surface area (Å²) in [6.45, 7) is 3.37. The van der Waals surface area contributed by atoms with Gasteiger partial charge in [0.25, 0.3) is 0 Å². The Labute approximate surface area is 146 Å². The average Bonchev–Trinajstić information content (AvgIpc) is 3.00. The topological polar surface area (TPSA) is 57.3 Å². The van der Waals surface area contributed by atoms with Gasteiger partial charge in [0.15, 0.2) is 0 Å². The lowest BCUT2D eigenvalue weighted by atomic mass is 10.1. The molecule has 3 rings (SSSR count). The van der Waals surface area contributed by atoms with E-state index in [0.717, 1.165) is 34.2 Å². The van der Waals surface area contributed by atoms with Gasteiger partial charge in [-0.3, -0.25) is 0 Å². The molecule has 0 aliphatic rings. The number of aliphatic hydroxyl groups excluding tert-OH is 1. The van der Waals surface area contributed by atoms with Crippen molar-refractivity contribution in [3.63, 3.8) is 0 Å². The highest BCUT2D eigenvalue weighted by Gasteiger charge is 2.08. The molecule has 0 aliphatic heterocycles. The fourth-order valence-electron chi connectivity index (χ4n) is 2.81. The second-order valence-corrected chi connectivity index (χ2v) is 6.19. The molecule has 0 aliphatic carbocycles. The SMILES string of the molecule is Cc1ccccc1OCC(O)CNCCc1c[nH]c2ccc(F)cc12. The molecular formula is C20H23FN2O2. The Hall–Kier alpha value is -2.37. The lowest BCUT2D eigenvalue weighted by Crippen LogP contribution is -2.32. The molecular weight excluding hydrogens is 319 g/mol. The minimum atomic E-state index is -0.583. The molecule has 4 nitrogen and oxygen atoms in total. The van der Waals surface area contributed by atoms with Crippen molar-refractivity contribution in [2.24, 2.45) is 0 Å². The van der Waals surface area contributed by atoms with Crippen LogP contribution in [0, 0.1) is 12.7 Å². The van der Waals surface area contributed by atoms with E-state index in [1.165, 1.54) is 6.07 Å². The molecule has 5 heteroatoms. The maximum atomic E-state index is 13.4. The zero-order chi connectivity index (χ0) is 17.6. The molecule has 0 saturated carbocycles. The molecule has 0 amide bonds. The van der Waals surface area contributed by atoms with Crippen LogP contribution >= 0.6 is 0 Å². The Kier molecular flexibility index (Phi) is 5.68. The molecule has 25 heavy (non-hydrogen) atoms. The van der Waals surface area contributed by atoms with Crippen LogP contribution in [0.3, 0.4) is 0 Å². The average molecular weight is 342 g/mol. The van der Waals surface area contributed by atoms with Crippen molar-refractivity contribution in [2.45, 2.75) is 19.4 Å². The minimum Gasteiger partial charge on any atom is -0.491 e. The number of aliphatic hydroxyl groups is 1. The predicted molar refractivity (Wildman–Crippen MR) is 97.5 cm³/mol. The molecule has 3 N–H and O–H groups in total. The number of halogens is 1. The minimum absolute atomic E-state index is 0.231. The normalized spacial score (nSPS) is 12.4. The first-order valence-corrected chi connectivity index (χ1v) is 8.46. The smallest absolute Gasteiger partial charge is 0.123 e. The van der Waals surface area contributed by atoms with Crippen molar-refractivity contribution < 1.29 is 14.2 Å². The Balaban J connectivity index is 1.42. The third-order valence-electron chi connectivity index (χ3n) is 4.21. The van der Waals surface area contributed by atoms with Gasteiger partial charge < -0.3 is 20.1 Å². The summed E-state index contributed by atoms with van der Waals surface area (Å²) in [5, 5.41) is 14.1. The zero-order valence-corrected chi connectivity index (χ0v) is 14.3. The van der Waals surface area contributed by atoms with Gasteiger partial charge >= 0.3 is 0 Å². The number of nitrogens with one attached hydrogen (secondary N) is 2. The quantitative estimate of drug-likeness (QED) is 0.551. The summed E-state index contributed by atoms with van der Waals surface area (Å²) in [6, 6.07) is 12.5. The van der Waals surface area contributed by atoms with Gasteiger partial charge in [-0.05, 0) is 55.3 Å². The third kappa shape index (κ3) is 4.59. The van der Waals surface area contributed by atoms with Gasteiger partial charge in [0.1, 0.15) is 24.3 Å². The maximum Gasteiger partial charge on any atom is 0.123 e. The van der Waals surface area contributed by atoms with Crippen LogP contribution in [0.5, 0.6) is 5.75 Å². The van der Waals surface area contributed by atoms with Crippen molar-refractivity contribution in [3.05, 3.63) is 65.6 Å². The van der Waals surface area contributed by atoms with Crippen LogP contribution < -0.4 is 10.1 Å². The number of H-pyrrole nitrogens is 1. The summed E-state index contributed by atoms with van der Waals surface area (Å²) in [4.78, 5) is 3.14. The lowest BCUT2D eigenvalue weighted by Gasteiger charge is -2.14. The number of aromatic amines is 1. The predicted octanol–water partition coefficient (Wildman–Crippen LogP) is 3.19. The molecule has 0 fully saturated rings. The van der Waals surface area contributed by atoms with Crippen LogP contribution in [-0.4, -0.2) is 35.9 Å². The van der Waals surface area contributed by atoms with Crippen LogP contribution in [0.2, 0.25) is 0 Å². The zero-order valence-electron chi connectivity index (χ0n) is 14.3. The van der Waals surface area contributed by atoms with Crippen LogP contribution in [0.1, 0.15) is 11.1 Å². The number of para-hydroxylation sites is 1. The Morgan fingerprint density at radius 3 is 2.92 bits per heavy atom. The Morgan fingerprint density at radius 1 is 1.24 bits per heavy atom. The first-order chi connectivity index (χ1) is 12.1. The molecule has 1 atom stereocenters. The van der Waals surface area contributed by atoms with E-state index in [-0.39, 0.29) is 12.4 Å². The molecule has 0 radical (unpaired) electrons. The summed E-state index contributed by atoms with van der Waals surface area (Å²) in [5.41, 5.74) is 3.05. The first-order valence-electron chi connectivity index (χ1n) is 8.46. The largest absolute Gasteiger partial charge is 0.491 e. The van der Waals surface area contributed by atoms with E-state index in [0.29, 0.717) is 13.1 Å². The van der Waals surface area contributed by atoms with Crippen LogP contribution in [-0.2, 0) is 6.42 Å². The van der Waals surface area contributed by atoms with Gasteiger partial charge in [-0.25, -0.2) is 4.39 Å². The Morgan fingerprint density at radius 2 is 2.08 bits per heavy atom. The molecule has 0 saturated heterocycles. The van der Waals surface area contributed by atoms with E-state index >= 15 is 0 Å². The molecule has 0 bridgehead atoms. The van der Waals surface area contributed by atoms with Crippen molar-refractivity contribution in [1.82, 2.24) is 10.3 Å². The van der Waals surface area contributed by atoms with Gasteiger partial charge in [-0.15, -0.1) is 0 Å². The van der Waals surface area contributed by atoms with E-state index in [2.05, 4.69) is 10.3 Å². The fourth-order valence-corrected chi connectivity index (χ4v) is 2.81. The highest BCUT2D eigenvalue weighted by Crippen LogP contribution is 2.19. The van der Waals surface area contributed by atoms with Crippen molar-refractivity contribution >= 4 is 10.9 Å². The van der Waals surface area contributed by atoms with Crippen LogP contribution in [0.4, 0.5) is 4.39 Å². The fraction of sp³-hybridized carbons (Fsp3) is 0.300. The molecule has 132 valence electrons. The first kappa shape index (κ1) is 17.5. The van der Waals surface area contributed by atoms with E-state index in [1.54, 1.807) is 12.1 Å². The maximum absolute atomic E-state index is 13.4. The standard InChI is InChI=1S/C20H23FN2O2/c1-14-4-2-3-5-20(14)25-13-17(24)12-22-9-8-15-11-23-19-7-6-16(21)10-18(15)19/h2-7,10-11,17,22-24H,8-9,12-13H2,1H3. The highest BCUT2D eigenvalue weighted by molar-refractivity contribution is 5.83. The van der Waals surface area contributed by atoms with Gasteiger partial charge in [0, 0.05) is 23.6 Å². The van der Waals surface area contributed by atoms with Gasteiger partial charge in [0.05, 0.1) is 0 Å². The third-order valence-corrected chi connectivity index (χ3v) is 4.21. The van der Waals surface area contributed by atoms with E-state index in [4.69, 9.17) is 4.74 Å². The van der Waals surface area contributed by atoms with Gasteiger partial charge in [-0.2, -0.15) is 0 Å². The molecule has 1 heterocycles. The summed E-state index contributed by atoms with van der Waals surface area (Å²) in [7, 11) is 0. The number of hydrogen-bond acceptors (Lipinski definition) is 3. The summed E-state index contributed by atoms with van der Waals surface area (Å²) < 4.78 is 19.0. The van der Waals surface area contributed by atoms with E-state index < -0.39 is 6.10 Å². The number of fused-ring (bicyclic) bond motifs is 1. The highest BCUT2D eigenvalue weighted by atomic mass is 19.1. The number of aromatic nitrogens is 1. The second-order valence-electron chi connectivity index (χ2n) is 6.19. The second kappa shape index (κ2) is 8.14. The van der Waals surface area contributed by atoms with Gasteiger partial charge in [0.2, 0.25) is 0 Å². The van der Waals surface area contributed by atoms with Crippen molar-refractivity contribution in [1.29, 1.82) is 0 Å².